The predicted molar refractivity (Wildman–Crippen MR) is 76.3 cm³/mol. The molecular weight excluding hydrogens is 252 g/mol. The first-order valence-corrected chi connectivity index (χ1v) is 6.28. The highest BCUT2D eigenvalue weighted by molar-refractivity contribution is 5.34. The van der Waals surface area contributed by atoms with Gasteiger partial charge in [0.25, 0.3) is 0 Å². The molecule has 2 N–H and O–H groups in total. The molecule has 0 bridgehead atoms. The number of nitrogens with zero attached hydrogens (tertiary/aromatic N) is 1. The Morgan fingerprint density at radius 2 is 1.90 bits per heavy atom. The fourth-order valence-corrected chi connectivity index (χ4v) is 1.97. The van der Waals surface area contributed by atoms with E-state index in [0.717, 1.165) is 16.9 Å². The lowest BCUT2D eigenvalue weighted by atomic mass is 10.1. The lowest BCUT2D eigenvalue weighted by Gasteiger charge is -2.14. The molecular formula is C16H16N2O2. The number of nitriles is 1. The Morgan fingerprint density at radius 3 is 2.55 bits per heavy atom. The zero-order valence-corrected chi connectivity index (χ0v) is 11.2. The summed E-state index contributed by atoms with van der Waals surface area (Å²) < 4.78 is 5.28. The maximum absolute atomic E-state index is 9.27. The lowest BCUT2D eigenvalue weighted by molar-refractivity contribution is 0.407. The number of benzene rings is 2. The fourth-order valence-electron chi connectivity index (χ4n) is 1.97. The number of hydrogen-bond donors (Lipinski definition) is 2. The summed E-state index contributed by atoms with van der Waals surface area (Å²) in [4.78, 5) is 0. The van der Waals surface area contributed by atoms with Crippen molar-refractivity contribution in [2.45, 2.75) is 12.6 Å². The van der Waals surface area contributed by atoms with Crippen LogP contribution in [0.5, 0.6) is 11.5 Å². The number of nitrogens with one attached hydrogen (secondary N) is 1. The van der Waals surface area contributed by atoms with Gasteiger partial charge < -0.3 is 9.84 Å². The van der Waals surface area contributed by atoms with E-state index in [1.54, 1.807) is 31.4 Å². The maximum Gasteiger partial charge on any atom is 0.123 e. The van der Waals surface area contributed by atoms with Crippen molar-refractivity contribution in [1.82, 2.24) is 5.32 Å². The van der Waals surface area contributed by atoms with Crippen LogP contribution in [0, 0.1) is 11.3 Å². The normalized spacial score (nSPS) is 11.6. The van der Waals surface area contributed by atoms with Crippen LogP contribution >= 0.6 is 0 Å². The Morgan fingerprint density at radius 1 is 1.20 bits per heavy atom. The van der Waals surface area contributed by atoms with Gasteiger partial charge in [-0.05, 0) is 23.8 Å². The van der Waals surface area contributed by atoms with Gasteiger partial charge >= 0.3 is 0 Å². The van der Waals surface area contributed by atoms with Crippen LogP contribution in [0.15, 0.2) is 48.5 Å². The van der Waals surface area contributed by atoms with Crippen molar-refractivity contribution in [3.63, 3.8) is 0 Å². The number of rotatable bonds is 5. The molecule has 0 saturated heterocycles. The summed E-state index contributed by atoms with van der Waals surface area (Å²) in [5, 5.41) is 21.7. The molecule has 0 spiro atoms. The van der Waals surface area contributed by atoms with Crippen LogP contribution in [-0.4, -0.2) is 12.2 Å². The van der Waals surface area contributed by atoms with Gasteiger partial charge in [0.05, 0.1) is 13.2 Å². The first-order valence-electron chi connectivity index (χ1n) is 6.28. The molecule has 0 aliphatic carbocycles. The second-order valence-corrected chi connectivity index (χ2v) is 4.35. The Labute approximate surface area is 118 Å². The van der Waals surface area contributed by atoms with Crippen molar-refractivity contribution in [1.29, 1.82) is 5.26 Å². The average molecular weight is 268 g/mol. The van der Waals surface area contributed by atoms with Gasteiger partial charge in [-0.25, -0.2) is 0 Å². The van der Waals surface area contributed by atoms with Gasteiger partial charge in [0, 0.05) is 12.1 Å². The Kier molecular flexibility index (Phi) is 4.59. The van der Waals surface area contributed by atoms with Crippen LogP contribution in [-0.2, 0) is 6.54 Å². The van der Waals surface area contributed by atoms with E-state index in [-0.39, 0.29) is 5.75 Å². The number of aromatic hydroxyl groups is 1. The van der Waals surface area contributed by atoms with Crippen LogP contribution in [0.2, 0.25) is 0 Å². The Bertz CT molecular complexity index is 603. The van der Waals surface area contributed by atoms with Crippen molar-refractivity contribution in [2.24, 2.45) is 0 Å². The molecule has 1 atom stereocenters. The van der Waals surface area contributed by atoms with Crippen LogP contribution < -0.4 is 10.1 Å². The molecule has 0 saturated carbocycles. The van der Waals surface area contributed by atoms with E-state index in [0.29, 0.717) is 6.54 Å². The van der Waals surface area contributed by atoms with Crippen LogP contribution in [0.1, 0.15) is 17.2 Å². The number of methoxy groups -OCH3 is 1. The first-order chi connectivity index (χ1) is 9.74. The highest BCUT2D eigenvalue weighted by Gasteiger charge is 2.11. The van der Waals surface area contributed by atoms with E-state index >= 15 is 0 Å². The first kappa shape index (κ1) is 13.9. The molecule has 0 radical (unpaired) electrons. The Balaban J connectivity index is 2.08. The molecule has 102 valence electrons. The van der Waals surface area contributed by atoms with Crippen molar-refractivity contribution >= 4 is 0 Å². The Hall–Kier alpha value is -2.51. The third-order valence-electron chi connectivity index (χ3n) is 3.04. The minimum absolute atomic E-state index is 0.190. The fraction of sp³-hybridized carbons (Fsp3) is 0.188. The van der Waals surface area contributed by atoms with Crippen molar-refractivity contribution in [3.8, 4) is 17.6 Å². The lowest BCUT2D eigenvalue weighted by Crippen LogP contribution is -2.19. The van der Waals surface area contributed by atoms with E-state index in [9.17, 15) is 10.4 Å². The minimum atomic E-state index is -0.430. The summed E-state index contributed by atoms with van der Waals surface area (Å²) in [7, 11) is 1.63. The molecule has 20 heavy (non-hydrogen) atoms. The third kappa shape index (κ3) is 3.28. The molecule has 1 unspecified atom stereocenters. The van der Waals surface area contributed by atoms with Gasteiger partial charge in [0.2, 0.25) is 0 Å². The van der Waals surface area contributed by atoms with Crippen molar-refractivity contribution in [2.75, 3.05) is 7.11 Å². The molecule has 2 aromatic carbocycles. The van der Waals surface area contributed by atoms with Crippen LogP contribution in [0.25, 0.3) is 0 Å². The van der Waals surface area contributed by atoms with E-state index in [1.165, 1.54) is 0 Å². The van der Waals surface area contributed by atoms with Gasteiger partial charge in [-0.15, -0.1) is 0 Å². The van der Waals surface area contributed by atoms with Gasteiger partial charge in [-0.1, -0.05) is 30.3 Å². The number of phenolic OH excluding ortho intramolecular Hbond substituents is 1. The van der Waals surface area contributed by atoms with Gasteiger partial charge in [-0.2, -0.15) is 5.26 Å². The number of ether oxygens (including phenoxy) is 1. The molecule has 0 amide bonds. The molecule has 0 fully saturated rings. The topological polar surface area (TPSA) is 65.3 Å². The molecule has 0 aliphatic heterocycles. The highest BCUT2D eigenvalue weighted by atomic mass is 16.5. The smallest absolute Gasteiger partial charge is 0.123 e. The zero-order chi connectivity index (χ0) is 14.4. The second kappa shape index (κ2) is 6.60. The van der Waals surface area contributed by atoms with E-state index in [4.69, 9.17) is 4.74 Å². The summed E-state index contributed by atoms with van der Waals surface area (Å²) in [6.07, 6.45) is 0. The average Bonchev–Trinajstić information content (AvgIpc) is 2.50. The third-order valence-corrected chi connectivity index (χ3v) is 3.04. The summed E-state index contributed by atoms with van der Waals surface area (Å²) in [6, 6.07) is 16.1. The molecule has 0 aliphatic rings. The molecule has 0 aromatic heterocycles. The van der Waals surface area contributed by atoms with E-state index in [2.05, 4.69) is 11.4 Å². The molecule has 4 nitrogen and oxygen atoms in total. The number of para-hydroxylation sites is 1. The molecule has 4 heteroatoms. The maximum atomic E-state index is 9.27. The largest absolute Gasteiger partial charge is 0.508 e. The summed E-state index contributed by atoms with van der Waals surface area (Å²) >= 11 is 0. The minimum Gasteiger partial charge on any atom is -0.508 e. The quantitative estimate of drug-likeness (QED) is 0.875. The van der Waals surface area contributed by atoms with Gasteiger partial charge in [0.1, 0.15) is 17.5 Å². The zero-order valence-electron chi connectivity index (χ0n) is 11.2. The van der Waals surface area contributed by atoms with Gasteiger partial charge in [-0.3, -0.25) is 5.32 Å². The number of hydrogen-bond acceptors (Lipinski definition) is 4. The molecule has 2 rings (SSSR count). The monoisotopic (exact) mass is 268 g/mol. The van der Waals surface area contributed by atoms with E-state index in [1.807, 2.05) is 24.3 Å². The molecule has 2 aromatic rings. The summed E-state index contributed by atoms with van der Waals surface area (Å²) in [6.45, 7) is 0.531. The van der Waals surface area contributed by atoms with Gasteiger partial charge in [0.15, 0.2) is 0 Å². The number of phenols is 1. The summed E-state index contributed by atoms with van der Waals surface area (Å²) in [5.74, 6) is 0.984. The second-order valence-electron chi connectivity index (χ2n) is 4.35. The highest BCUT2D eigenvalue weighted by Crippen LogP contribution is 2.20. The standard InChI is InChI=1S/C16H16N2O2/c1-20-16-5-3-2-4-13(16)11-18-15(10-17)12-6-8-14(19)9-7-12/h2-9,15,18-19H,11H2,1H3. The van der Waals surface area contributed by atoms with Crippen LogP contribution in [0.4, 0.5) is 0 Å². The van der Waals surface area contributed by atoms with Crippen molar-refractivity contribution < 1.29 is 9.84 Å². The van der Waals surface area contributed by atoms with Crippen molar-refractivity contribution in [3.05, 3.63) is 59.7 Å². The predicted octanol–water partition coefficient (Wildman–Crippen LogP) is 2.76. The van der Waals surface area contributed by atoms with Crippen LogP contribution in [0.3, 0.4) is 0 Å². The SMILES string of the molecule is COc1ccccc1CNC(C#N)c1ccc(O)cc1. The van der Waals surface area contributed by atoms with E-state index < -0.39 is 6.04 Å². The molecule has 0 heterocycles. The summed E-state index contributed by atoms with van der Waals surface area (Å²) in [5.41, 5.74) is 1.81.